The van der Waals surface area contributed by atoms with E-state index in [9.17, 15) is 4.79 Å². The van der Waals surface area contributed by atoms with Crippen LogP contribution in [0.15, 0.2) is 54.6 Å². The number of carbonyl (C=O) groups is 1. The molecule has 0 spiro atoms. The third-order valence-electron chi connectivity index (χ3n) is 4.26. The number of carbonyl (C=O) groups excluding carboxylic acids is 1. The Bertz CT molecular complexity index is 834. The van der Waals surface area contributed by atoms with E-state index in [0.717, 1.165) is 23.3 Å². The number of tetrazole rings is 1. The van der Waals surface area contributed by atoms with Crippen LogP contribution in [0.1, 0.15) is 23.5 Å². The second-order valence-electron chi connectivity index (χ2n) is 6.02. The number of ether oxygens (including phenoxy) is 1. The van der Waals surface area contributed by atoms with Crippen molar-refractivity contribution in [1.82, 2.24) is 20.6 Å². The Morgan fingerprint density at radius 3 is 2.68 bits per heavy atom. The minimum Gasteiger partial charge on any atom is -0.489 e. The van der Waals surface area contributed by atoms with Crippen LogP contribution in [0.25, 0.3) is 0 Å². The molecule has 0 radical (unpaired) electrons. The first-order valence-electron chi connectivity index (χ1n) is 8.10. The van der Waals surface area contributed by atoms with Gasteiger partial charge < -0.3 is 4.74 Å². The average Bonchev–Trinajstić information content (AvgIpc) is 3.30. The minimum absolute atomic E-state index is 0.0467. The van der Waals surface area contributed by atoms with Gasteiger partial charge in [-0.2, -0.15) is 5.21 Å². The van der Waals surface area contributed by atoms with Crippen LogP contribution in [0, 0.1) is 5.92 Å². The van der Waals surface area contributed by atoms with Gasteiger partial charge in [0.05, 0.1) is 0 Å². The lowest BCUT2D eigenvalue weighted by atomic mass is 10.1. The molecule has 0 bridgehead atoms. The van der Waals surface area contributed by atoms with Crippen LogP contribution in [-0.4, -0.2) is 26.5 Å². The molecule has 1 amide bonds. The molecule has 1 fully saturated rings. The van der Waals surface area contributed by atoms with Gasteiger partial charge in [0.15, 0.2) is 0 Å². The third kappa shape index (κ3) is 3.65. The van der Waals surface area contributed by atoms with E-state index < -0.39 is 0 Å². The number of anilines is 1. The quantitative estimate of drug-likeness (QED) is 0.722. The zero-order chi connectivity index (χ0) is 17.1. The average molecular weight is 335 g/mol. The number of nitrogens with zero attached hydrogens (tertiary/aromatic N) is 3. The number of H-pyrrole nitrogens is 1. The molecule has 1 heterocycles. The van der Waals surface area contributed by atoms with Gasteiger partial charge in [0.25, 0.3) is 5.95 Å². The molecule has 2 aromatic carbocycles. The van der Waals surface area contributed by atoms with E-state index in [1.165, 1.54) is 0 Å². The molecule has 2 N–H and O–H groups in total. The molecule has 7 heteroatoms. The molecule has 126 valence electrons. The highest BCUT2D eigenvalue weighted by Crippen LogP contribution is 2.48. The third-order valence-corrected chi connectivity index (χ3v) is 4.26. The van der Waals surface area contributed by atoms with Crippen molar-refractivity contribution in [2.24, 2.45) is 5.92 Å². The van der Waals surface area contributed by atoms with E-state index in [-0.39, 0.29) is 23.7 Å². The molecule has 1 aliphatic carbocycles. The second kappa shape index (κ2) is 6.72. The van der Waals surface area contributed by atoms with Crippen molar-refractivity contribution in [2.45, 2.75) is 18.9 Å². The number of hydrogen-bond acceptors (Lipinski definition) is 5. The molecule has 3 aromatic rings. The van der Waals surface area contributed by atoms with Crippen molar-refractivity contribution in [3.8, 4) is 5.75 Å². The highest BCUT2D eigenvalue weighted by molar-refractivity contribution is 5.93. The van der Waals surface area contributed by atoms with Crippen LogP contribution >= 0.6 is 0 Å². The number of rotatable bonds is 6. The Labute approximate surface area is 144 Å². The fourth-order valence-electron chi connectivity index (χ4n) is 2.82. The predicted octanol–water partition coefficient (Wildman–Crippen LogP) is 2.52. The maximum absolute atomic E-state index is 12.1. The lowest BCUT2D eigenvalue weighted by molar-refractivity contribution is -0.117. The topological polar surface area (TPSA) is 92.8 Å². The van der Waals surface area contributed by atoms with Crippen molar-refractivity contribution in [2.75, 3.05) is 5.32 Å². The van der Waals surface area contributed by atoms with E-state index in [1.807, 2.05) is 54.6 Å². The monoisotopic (exact) mass is 335 g/mol. The van der Waals surface area contributed by atoms with Crippen molar-refractivity contribution in [3.05, 3.63) is 65.7 Å². The summed E-state index contributed by atoms with van der Waals surface area (Å²) in [5.41, 5.74) is 2.27. The summed E-state index contributed by atoms with van der Waals surface area (Å²) in [6, 6.07) is 18.0. The fourth-order valence-corrected chi connectivity index (χ4v) is 2.82. The molecule has 7 nitrogen and oxygen atoms in total. The van der Waals surface area contributed by atoms with Gasteiger partial charge >= 0.3 is 0 Å². The van der Waals surface area contributed by atoms with Crippen molar-refractivity contribution in [3.63, 3.8) is 0 Å². The SMILES string of the molecule is O=C(Nc1nn[nH]n1)C1CC1c1ccc(OCc2ccccc2)cc1. The van der Waals surface area contributed by atoms with E-state index in [0.29, 0.717) is 6.61 Å². The van der Waals surface area contributed by atoms with Crippen LogP contribution in [0.3, 0.4) is 0 Å². The number of nitrogens with one attached hydrogen (secondary N) is 2. The van der Waals surface area contributed by atoms with Gasteiger partial charge in [-0.05, 0) is 40.8 Å². The summed E-state index contributed by atoms with van der Waals surface area (Å²) in [6.45, 7) is 0.541. The van der Waals surface area contributed by atoms with E-state index >= 15 is 0 Å². The number of aromatic amines is 1. The second-order valence-corrected chi connectivity index (χ2v) is 6.02. The summed E-state index contributed by atoms with van der Waals surface area (Å²) in [6.07, 6.45) is 0.827. The summed E-state index contributed by atoms with van der Waals surface area (Å²) < 4.78 is 5.79. The Kier molecular flexibility index (Phi) is 4.12. The lowest BCUT2D eigenvalue weighted by Gasteiger charge is -2.07. The van der Waals surface area contributed by atoms with E-state index in [1.54, 1.807) is 0 Å². The lowest BCUT2D eigenvalue weighted by Crippen LogP contribution is -2.15. The van der Waals surface area contributed by atoms with Gasteiger partial charge in [0.1, 0.15) is 12.4 Å². The van der Waals surface area contributed by atoms with Gasteiger partial charge in [0.2, 0.25) is 5.91 Å². The van der Waals surface area contributed by atoms with Gasteiger partial charge in [-0.1, -0.05) is 47.6 Å². The summed E-state index contributed by atoms with van der Waals surface area (Å²) in [4.78, 5) is 12.1. The predicted molar refractivity (Wildman–Crippen MR) is 90.9 cm³/mol. The largest absolute Gasteiger partial charge is 0.489 e. The Hall–Kier alpha value is -3.22. The van der Waals surface area contributed by atoms with Gasteiger partial charge in [-0.25, -0.2) is 0 Å². The standard InChI is InChI=1S/C18H17N5O2/c24-17(19-18-20-22-23-21-18)16-10-15(16)13-6-8-14(9-7-13)25-11-12-4-2-1-3-5-12/h1-9,15-16H,10-11H2,(H2,19,20,21,22,23,24). The summed E-state index contributed by atoms with van der Waals surface area (Å²) >= 11 is 0. The Morgan fingerprint density at radius 1 is 1.16 bits per heavy atom. The summed E-state index contributed by atoms with van der Waals surface area (Å²) in [5.74, 6) is 1.14. The van der Waals surface area contributed by atoms with E-state index in [4.69, 9.17) is 4.74 Å². The zero-order valence-electron chi connectivity index (χ0n) is 13.4. The summed E-state index contributed by atoms with van der Waals surface area (Å²) in [5, 5.41) is 15.8. The van der Waals surface area contributed by atoms with Crippen molar-refractivity contribution < 1.29 is 9.53 Å². The van der Waals surface area contributed by atoms with E-state index in [2.05, 4.69) is 25.9 Å². The first kappa shape index (κ1) is 15.3. The number of aromatic nitrogens is 4. The molecule has 25 heavy (non-hydrogen) atoms. The van der Waals surface area contributed by atoms with Gasteiger partial charge in [-0.3, -0.25) is 10.1 Å². The first-order chi connectivity index (χ1) is 12.3. The van der Waals surface area contributed by atoms with Crippen molar-refractivity contribution >= 4 is 11.9 Å². The van der Waals surface area contributed by atoms with Gasteiger partial charge in [0, 0.05) is 5.92 Å². The number of benzene rings is 2. The zero-order valence-corrected chi connectivity index (χ0v) is 13.4. The maximum Gasteiger partial charge on any atom is 0.269 e. The summed E-state index contributed by atoms with van der Waals surface area (Å²) in [7, 11) is 0. The molecule has 0 aliphatic heterocycles. The van der Waals surface area contributed by atoms with Crippen LogP contribution in [-0.2, 0) is 11.4 Å². The first-order valence-corrected chi connectivity index (χ1v) is 8.10. The van der Waals surface area contributed by atoms with Gasteiger partial charge in [-0.15, -0.1) is 5.10 Å². The molecular formula is C18H17N5O2. The minimum atomic E-state index is -0.0733. The fraction of sp³-hybridized carbons (Fsp3) is 0.222. The molecule has 2 unspecified atom stereocenters. The molecule has 2 atom stereocenters. The Balaban J connectivity index is 1.31. The Morgan fingerprint density at radius 2 is 1.96 bits per heavy atom. The highest BCUT2D eigenvalue weighted by atomic mass is 16.5. The highest BCUT2D eigenvalue weighted by Gasteiger charge is 2.44. The van der Waals surface area contributed by atoms with Crippen molar-refractivity contribution in [1.29, 1.82) is 0 Å². The molecule has 4 rings (SSSR count). The molecular weight excluding hydrogens is 318 g/mol. The maximum atomic E-state index is 12.1. The molecule has 0 saturated heterocycles. The van der Waals surface area contributed by atoms with Crippen LogP contribution in [0.5, 0.6) is 5.75 Å². The molecule has 1 aromatic heterocycles. The molecule has 1 aliphatic rings. The normalized spacial score (nSPS) is 18.6. The number of hydrogen-bond donors (Lipinski definition) is 2. The number of amides is 1. The van der Waals surface area contributed by atoms with Crippen LogP contribution < -0.4 is 10.1 Å². The smallest absolute Gasteiger partial charge is 0.269 e. The molecule has 1 saturated carbocycles. The van der Waals surface area contributed by atoms with Crippen LogP contribution in [0.4, 0.5) is 5.95 Å². The van der Waals surface area contributed by atoms with Crippen LogP contribution in [0.2, 0.25) is 0 Å².